The van der Waals surface area contributed by atoms with Crippen molar-refractivity contribution in [1.82, 2.24) is 0 Å². The average Bonchev–Trinajstić information content (AvgIpc) is 4.01. The van der Waals surface area contributed by atoms with E-state index >= 15 is 0 Å². The van der Waals surface area contributed by atoms with E-state index in [1.54, 1.807) is 6.92 Å². The van der Waals surface area contributed by atoms with Gasteiger partial charge < -0.3 is 124 Å². The van der Waals surface area contributed by atoms with E-state index in [2.05, 4.69) is 13.0 Å². The standard InChI is InChI=1S/C51H82O25/c1-16-15-67-51(44(66)41(16)73-45-38(63)35(60)31(56)18(3)68-45)17(2)30-25(76-51)11-23-22-8-7-20-9-21(54)10-29(49(20,5)24(22)12-28(55)50(23,30)6)72-48-43(37(62)34(59)27(14-53)71-48)75-47-40(65)42(32(57)19(4)69-47)74-46-39(64)36(61)33(58)26(13-52)70-46/h7,16-19,21-48,52-66H,8-15H2,1-6H3/t16-,17+,18-,19+,21-,22-,23+,24+,25+,26-,27-,28-,29-,30+,31+,32+,33-,34-,35-,36+,37+,38-,39-,40-,41+,42-,43-,44+,45+,46+,47+,48+,49+,50-,51+/m1/s1. The van der Waals surface area contributed by atoms with E-state index in [0.717, 1.165) is 5.57 Å². The van der Waals surface area contributed by atoms with Gasteiger partial charge in [0.2, 0.25) is 0 Å². The summed E-state index contributed by atoms with van der Waals surface area (Å²) >= 11 is 0. The molecule has 0 radical (unpaired) electrons. The van der Waals surface area contributed by atoms with Crippen LogP contribution in [0.15, 0.2) is 11.6 Å². The fourth-order valence-corrected chi connectivity index (χ4v) is 15.7. The van der Waals surface area contributed by atoms with Crippen molar-refractivity contribution in [2.45, 2.75) is 239 Å². The van der Waals surface area contributed by atoms with E-state index in [1.165, 1.54) is 6.92 Å². The summed E-state index contributed by atoms with van der Waals surface area (Å²) < 4.78 is 61.8. The van der Waals surface area contributed by atoms with Crippen LogP contribution < -0.4 is 0 Å². The number of allylic oxidation sites excluding steroid dienone is 1. The summed E-state index contributed by atoms with van der Waals surface area (Å²) in [6.07, 6.45) is -33.5. The van der Waals surface area contributed by atoms with Gasteiger partial charge in [-0.15, -0.1) is 0 Å². The molecule has 0 unspecified atom stereocenters. The Hall–Kier alpha value is -1.26. The molecule has 3 saturated carbocycles. The highest BCUT2D eigenvalue weighted by atomic mass is 16.8. The molecule has 0 aromatic rings. The van der Waals surface area contributed by atoms with Crippen LogP contribution in [-0.2, 0) is 47.4 Å². The minimum absolute atomic E-state index is 0.0527. The van der Waals surface area contributed by atoms with E-state index in [9.17, 15) is 76.6 Å². The van der Waals surface area contributed by atoms with Gasteiger partial charge in [-0.3, -0.25) is 0 Å². The van der Waals surface area contributed by atoms with E-state index in [-0.39, 0.29) is 43.1 Å². The molecule has 25 heteroatoms. The van der Waals surface area contributed by atoms with E-state index in [0.29, 0.717) is 19.3 Å². The van der Waals surface area contributed by atoms with Crippen molar-refractivity contribution in [3.05, 3.63) is 11.6 Å². The van der Waals surface area contributed by atoms with Crippen molar-refractivity contribution in [2.75, 3.05) is 19.8 Å². The first-order valence-corrected chi connectivity index (χ1v) is 27.1. The molecule has 9 fully saturated rings. The summed E-state index contributed by atoms with van der Waals surface area (Å²) in [5.41, 5.74) is -0.788. The van der Waals surface area contributed by atoms with Gasteiger partial charge in [-0.25, -0.2) is 0 Å². The zero-order valence-corrected chi connectivity index (χ0v) is 43.5. The molecule has 0 aromatic carbocycles. The van der Waals surface area contributed by atoms with Gasteiger partial charge in [0.05, 0.1) is 62.5 Å². The van der Waals surface area contributed by atoms with Crippen LogP contribution in [0.2, 0.25) is 0 Å². The van der Waals surface area contributed by atoms with E-state index in [1.807, 2.05) is 20.8 Å². The topological polar surface area (TPSA) is 396 Å². The Bertz CT molecular complexity index is 2060. The highest BCUT2D eigenvalue weighted by Crippen LogP contribution is 2.71. The summed E-state index contributed by atoms with van der Waals surface area (Å²) in [4.78, 5) is 0. The van der Waals surface area contributed by atoms with Crippen molar-refractivity contribution in [3.8, 4) is 0 Å². The van der Waals surface area contributed by atoms with Gasteiger partial charge in [0.15, 0.2) is 30.9 Å². The second-order valence-electron chi connectivity index (χ2n) is 24.2. The van der Waals surface area contributed by atoms with Crippen molar-refractivity contribution < 1.29 is 124 Å². The van der Waals surface area contributed by atoms with Gasteiger partial charge in [-0.1, -0.05) is 39.3 Å². The number of fused-ring (bicyclic) bond motifs is 7. The maximum Gasteiger partial charge on any atom is 0.200 e. The van der Waals surface area contributed by atoms with E-state index in [4.69, 9.17) is 47.4 Å². The summed E-state index contributed by atoms with van der Waals surface area (Å²) in [6.45, 7) is 9.37. The maximum atomic E-state index is 12.7. The highest BCUT2D eigenvalue weighted by Gasteiger charge is 2.74. The Balaban J connectivity index is 0.884. The Morgan fingerprint density at radius 2 is 1.13 bits per heavy atom. The summed E-state index contributed by atoms with van der Waals surface area (Å²) in [6, 6.07) is 0. The molecule has 10 aliphatic rings. The molecule has 1 spiro atoms. The van der Waals surface area contributed by atoms with Gasteiger partial charge in [0, 0.05) is 35.0 Å². The number of hydrogen-bond acceptors (Lipinski definition) is 25. The molecule has 0 amide bonds. The molecule has 436 valence electrons. The predicted octanol–water partition coefficient (Wildman–Crippen LogP) is -5.05. The van der Waals surface area contributed by atoms with Crippen LogP contribution in [0.3, 0.4) is 0 Å². The van der Waals surface area contributed by atoms with Crippen LogP contribution in [-0.4, -0.2) is 262 Å². The zero-order valence-electron chi connectivity index (χ0n) is 43.5. The Morgan fingerprint density at radius 3 is 1.79 bits per heavy atom. The number of ether oxygens (including phenoxy) is 10. The molecule has 25 nitrogen and oxygen atoms in total. The minimum atomic E-state index is -1.93. The molecule has 4 aliphatic carbocycles. The highest BCUT2D eigenvalue weighted by molar-refractivity contribution is 5.30. The van der Waals surface area contributed by atoms with Gasteiger partial charge >= 0.3 is 0 Å². The largest absolute Gasteiger partial charge is 0.394 e. The first-order valence-electron chi connectivity index (χ1n) is 27.1. The molecule has 6 heterocycles. The van der Waals surface area contributed by atoms with Crippen LogP contribution in [0.5, 0.6) is 0 Å². The van der Waals surface area contributed by atoms with Crippen LogP contribution in [0.25, 0.3) is 0 Å². The van der Waals surface area contributed by atoms with Gasteiger partial charge in [-0.05, 0) is 57.3 Å². The summed E-state index contributed by atoms with van der Waals surface area (Å²) in [5.74, 6) is -3.25. The van der Waals surface area contributed by atoms with Crippen LogP contribution in [0, 0.1) is 46.3 Å². The summed E-state index contributed by atoms with van der Waals surface area (Å²) in [7, 11) is 0. The monoisotopic (exact) mass is 1090 g/mol. The molecule has 76 heavy (non-hydrogen) atoms. The Labute approximate surface area is 439 Å². The maximum absolute atomic E-state index is 12.7. The van der Waals surface area contributed by atoms with Gasteiger partial charge in [-0.2, -0.15) is 0 Å². The van der Waals surface area contributed by atoms with Crippen LogP contribution in [0.4, 0.5) is 0 Å². The third-order valence-corrected chi connectivity index (χ3v) is 20.1. The van der Waals surface area contributed by atoms with E-state index < -0.39 is 201 Å². The number of hydrogen-bond donors (Lipinski definition) is 15. The van der Waals surface area contributed by atoms with Crippen molar-refractivity contribution in [2.24, 2.45) is 46.3 Å². The number of rotatable bonds is 10. The smallest absolute Gasteiger partial charge is 0.200 e. The number of aliphatic hydroxyl groups excluding tert-OH is 15. The Morgan fingerprint density at radius 1 is 0.566 bits per heavy atom. The molecule has 6 saturated heterocycles. The van der Waals surface area contributed by atoms with Crippen LogP contribution in [0.1, 0.15) is 73.6 Å². The van der Waals surface area contributed by atoms with Crippen molar-refractivity contribution >= 4 is 0 Å². The normalized spacial score (nSPS) is 59.3. The average molecular weight is 1100 g/mol. The molecule has 10 rings (SSSR count). The fourth-order valence-electron chi connectivity index (χ4n) is 15.7. The summed E-state index contributed by atoms with van der Waals surface area (Å²) in [5, 5.41) is 165. The third kappa shape index (κ3) is 9.11. The lowest BCUT2D eigenvalue weighted by Gasteiger charge is -2.62. The first-order chi connectivity index (χ1) is 35.8. The molecule has 0 bridgehead atoms. The van der Waals surface area contributed by atoms with Crippen LogP contribution >= 0.6 is 0 Å². The Kier molecular flexibility index (Phi) is 16.4. The SMILES string of the molecule is C[C@@H]1CO[C@@]2(O[C@H]3C[C@H]4[C@H]5CC=C6C[C@@H](O)C[C@@H](O[C@@H]7O[C@H](CO)[C@@H](O)[C@H](O)[C@H]7O[C@@H]7O[C@@H](C)[C@H](O)[C@@H](O[C@@H]8O[C@H](CO)[C@@H](O)[C@H](O)[C@H]8O)[C@H]7O)[C@]6(C)[C@H]5C[C@@H](O)[C@]4(C)[C@H]3[C@@H]2C)[C@@H](O)[C@H]1O[C@@H]1O[C@H](C)[C@H](O)[C@@H](O)[C@H]1O. The molecule has 15 N–H and O–H groups in total. The second-order valence-corrected chi connectivity index (χ2v) is 24.2. The van der Waals surface area contributed by atoms with Gasteiger partial charge in [0.1, 0.15) is 91.6 Å². The zero-order chi connectivity index (χ0) is 55.0. The molecule has 6 aliphatic heterocycles. The minimum Gasteiger partial charge on any atom is -0.394 e. The second kappa shape index (κ2) is 21.5. The third-order valence-electron chi connectivity index (χ3n) is 20.1. The lowest BCUT2D eigenvalue weighted by atomic mass is 9.45. The number of aliphatic hydroxyl groups is 15. The quantitative estimate of drug-likeness (QED) is 0.0911. The lowest BCUT2D eigenvalue weighted by molar-refractivity contribution is -0.388. The first kappa shape index (κ1) is 58.0. The molecule has 35 atom stereocenters. The van der Waals surface area contributed by atoms with Gasteiger partial charge in [0.25, 0.3) is 0 Å². The molecular weight excluding hydrogens is 1010 g/mol. The van der Waals surface area contributed by atoms with Crippen molar-refractivity contribution in [1.29, 1.82) is 0 Å². The molecular formula is C51H82O25. The predicted molar refractivity (Wildman–Crippen MR) is 251 cm³/mol. The van der Waals surface area contributed by atoms with Crippen molar-refractivity contribution in [3.63, 3.8) is 0 Å². The fraction of sp³-hybridized carbons (Fsp3) is 0.961. The molecule has 0 aromatic heterocycles. The lowest BCUT2D eigenvalue weighted by Crippen LogP contribution is -2.67.